The minimum atomic E-state index is -3.86. The first-order valence-corrected chi connectivity index (χ1v) is 13.4. The van der Waals surface area contributed by atoms with Crippen LogP contribution in [0.15, 0.2) is 46.4 Å². The predicted octanol–water partition coefficient (Wildman–Crippen LogP) is 3.53. The smallest absolute Gasteiger partial charge is 0.248 e. The Morgan fingerprint density at radius 2 is 1.72 bits per heavy atom. The normalized spacial score (nSPS) is 19.2. The number of hydrogen-bond donors (Lipinski definition) is 1. The lowest BCUT2D eigenvalue weighted by Crippen LogP contribution is -2.52. The Morgan fingerprint density at radius 3 is 2.36 bits per heavy atom. The van der Waals surface area contributed by atoms with Crippen molar-refractivity contribution in [2.24, 2.45) is 10.5 Å². The number of hydrazone groups is 1. The average Bonchev–Trinajstić information content (AvgIpc) is 2.86. The number of phenols is 1. The van der Waals surface area contributed by atoms with E-state index in [9.17, 15) is 18.3 Å². The molecule has 10 heteroatoms. The molecule has 1 fully saturated rings. The van der Waals surface area contributed by atoms with E-state index in [2.05, 4.69) is 0 Å². The number of sulfonamides is 1. The standard InChI is InChI=1S/C26H33N3O6S/c1-17-7-6-8-23(24(17)30)36(32,33)28-13-11-19(12-14-28)29-25(31)26(2,3)16-20(27-29)18-9-10-21(34-4)22(15-18)35-5/h6-10,15,19,30H,11-14,16H2,1-5H3. The Labute approximate surface area is 212 Å². The Hall–Kier alpha value is -3.11. The molecule has 0 atom stereocenters. The first-order chi connectivity index (χ1) is 17.0. The van der Waals surface area contributed by atoms with Gasteiger partial charge in [-0.1, -0.05) is 26.0 Å². The van der Waals surface area contributed by atoms with Gasteiger partial charge in [0.25, 0.3) is 0 Å². The third-order valence-corrected chi connectivity index (χ3v) is 8.86. The van der Waals surface area contributed by atoms with Crippen molar-refractivity contribution in [1.29, 1.82) is 0 Å². The van der Waals surface area contributed by atoms with Crippen LogP contribution in [0.25, 0.3) is 0 Å². The maximum Gasteiger partial charge on any atom is 0.248 e. The van der Waals surface area contributed by atoms with Crippen molar-refractivity contribution < 1.29 is 27.8 Å². The highest BCUT2D eigenvalue weighted by atomic mass is 32.2. The van der Waals surface area contributed by atoms with Gasteiger partial charge in [0.15, 0.2) is 11.5 Å². The van der Waals surface area contributed by atoms with Gasteiger partial charge in [-0.05, 0) is 49.6 Å². The van der Waals surface area contributed by atoms with Crippen LogP contribution in [0.1, 0.15) is 44.2 Å². The number of rotatable bonds is 6. The average molecular weight is 516 g/mol. The highest BCUT2D eigenvalue weighted by Crippen LogP contribution is 2.37. The van der Waals surface area contributed by atoms with Crippen LogP contribution in [-0.2, 0) is 14.8 Å². The maximum absolute atomic E-state index is 13.3. The summed E-state index contributed by atoms with van der Waals surface area (Å²) < 4.78 is 38.5. The van der Waals surface area contributed by atoms with E-state index in [0.717, 1.165) is 11.3 Å². The Morgan fingerprint density at radius 1 is 1.06 bits per heavy atom. The van der Waals surface area contributed by atoms with E-state index in [1.807, 2.05) is 32.0 Å². The zero-order valence-corrected chi connectivity index (χ0v) is 22.1. The fourth-order valence-electron chi connectivity index (χ4n) is 4.74. The number of methoxy groups -OCH3 is 2. The first kappa shape index (κ1) is 26.0. The summed E-state index contributed by atoms with van der Waals surface area (Å²) in [4.78, 5) is 13.2. The number of carbonyl (C=O) groups is 1. The van der Waals surface area contributed by atoms with Crippen molar-refractivity contribution in [3.8, 4) is 17.2 Å². The molecule has 194 valence electrons. The van der Waals surface area contributed by atoms with E-state index in [0.29, 0.717) is 36.3 Å². The summed E-state index contributed by atoms with van der Waals surface area (Å²) in [5.74, 6) is 0.885. The highest BCUT2D eigenvalue weighted by molar-refractivity contribution is 7.89. The molecule has 0 spiro atoms. The van der Waals surface area contributed by atoms with Crippen LogP contribution in [0.2, 0.25) is 0 Å². The van der Waals surface area contributed by atoms with Gasteiger partial charge in [-0.3, -0.25) is 4.79 Å². The van der Waals surface area contributed by atoms with Crippen LogP contribution in [0.5, 0.6) is 17.2 Å². The summed E-state index contributed by atoms with van der Waals surface area (Å²) in [6.07, 6.45) is 1.35. The fourth-order valence-corrected chi connectivity index (χ4v) is 6.37. The number of carbonyl (C=O) groups excluding carboxylic acids is 1. The van der Waals surface area contributed by atoms with Gasteiger partial charge in [0.1, 0.15) is 10.6 Å². The van der Waals surface area contributed by atoms with Crippen molar-refractivity contribution in [3.63, 3.8) is 0 Å². The van der Waals surface area contributed by atoms with Gasteiger partial charge in [0.2, 0.25) is 15.9 Å². The number of ether oxygens (including phenoxy) is 2. The van der Waals surface area contributed by atoms with Crippen LogP contribution < -0.4 is 9.47 Å². The molecule has 1 N–H and O–H groups in total. The number of aromatic hydroxyl groups is 1. The molecule has 0 unspecified atom stereocenters. The monoisotopic (exact) mass is 515 g/mol. The van der Waals surface area contributed by atoms with Crippen LogP contribution in [0.3, 0.4) is 0 Å². The van der Waals surface area contributed by atoms with Gasteiger partial charge in [-0.2, -0.15) is 9.41 Å². The van der Waals surface area contributed by atoms with E-state index in [-0.39, 0.29) is 35.7 Å². The second-order valence-electron chi connectivity index (χ2n) is 9.88. The van der Waals surface area contributed by atoms with E-state index in [1.165, 1.54) is 10.4 Å². The number of piperidine rings is 1. The highest BCUT2D eigenvalue weighted by Gasteiger charge is 2.43. The molecule has 9 nitrogen and oxygen atoms in total. The van der Waals surface area contributed by atoms with E-state index < -0.39 is 15.4 Å². The SMILES string of the molecule is COc1ccc(C2=NN(C3CCN(S(=O)(=O)c4cccc(C)c4O)CC3)C(=O)C(C)(C)C2)cc1OC. The molecular formula is C26H33N3O6S. The van der Waals surface area contributed by atoms with E-state index >= 15 is 0 Å². The molecule has 2 aromatic rings. The molecule has 0 aromatic heterocycles. The van der Waals surface area contributed by atoms with Gasteiger partial charge >= 0.3 is 0 Å². The van der Waals surface area contributed by atoms with Crippen molar-refractivity contribution in [2.45, 2.75) is 51.0 Å². The molecule has 0 aliphatic carbocycles. The molecule has 0 bridgehead atoms. The Balaban J connectivity index is 1.58. The Bertz CT molecular complexity index is 1300. The van der Waals surface area contributed by atoms with Crippen molar-refractivity contribution in [1.82, 2.24) is 9.31 Å². The second-order valence-corrected chi connectivity index (χ2v) is 11.8. The van der Waals surface area contributed by atoms with Gasteiger partial charge in [0.05, 0.1) is 31.4 Å². The third kappa shape index (κ3) is 4.67. The lowest BCUT2D eigenvalue weighted by molar-refractivity contribution is -0.144. The number of amides is 1. The third-order valence-electron chi connectivity index (χ3n) is 6.93. The number of para-hydroxylation sites is 1. The molecule has 0 saturated carbocycles. The largest absolute Gasteiger partial charge is 0.506 e. The summed E-state index contributed by atoms with van der Waals surface area (Å²) in [5, 5.41) is 16.6. The number of benzene rings is 2. The van der Waals surface area contributed by atoms with Crippen molar-refractivity contribution >= 4 is 21.6 Å². The van der Waals surface area contributed by atoms with Crippen molar-refractivity contribution in [2.75, 3.05) is 27.3 Å². The molecule has 4 rings (SSSR count). The zero-order valence-electron chi connectivity index (χ0n) is 21.3. The molecule has 2 aromatic carbocycles. The Kier molecular flexibility index (Phi) is 7.03. The minimum absolute atomic E-state index is 0.0793. The summed E-state index contributed by atoms with van der Waals surface area (Å²) >= 11 is 0. The summed E-state index contributed by atoms with van der Waals surface area (Å²) in [6, 6.07) is 10.0. The second kappa shape index (κ2) is 9.74. The quantitative estimate of drug-likeness (QED) is 0.631. The molecule has 2 aliphatic heterocycles. The van der Waals surface area contributed by atoms with Gasteiger partial charge in [-0.25, -0.2) is 13.4 Å². The van der Waals surface area contributed by atoms with Crippen LogP contribution in [-0.4, -0.2) is 67.8 Å². The fraction of sp³-hybridized carbons (Fsp3) is 0.462. The first-order valence-electron chi connectivity index (χ1n) is 11.9. The van der Waals surface area contributed by atoms with E-state index in [4.69, 9.17) is 14.6 Å². The van der Waals surface area contributed by atoms with Gasteiger partial charge < -0.3 is 14.6 Å². The lowest BCUT2D eigenvalue weighted by Gasteiger charge is -2.41. The van der Waals surface area contributed by atoms with Crippen LogP contribution in [0.4, 0.5) is 0 Å². The minimum Gasteiger partial charge on any atom is -0.506 e. The molecule has 2 heterocycles. The number of aryl methyl sites for hydroxylation is 1. The summed E-state index contributed by atoms with van der Waals surface area (Å²) in [7, 11) is -0.708. The molecule has 36 heavy (non-hydrogen) atoms. The molecule has 2 aliphatic rings. The maximum atomic E-state index is 13.3. The lowest BCUT2D eigenvalue weighted by atomic mass is 9.82. The van der Waals surface area contributed by atoms with Gasteiger partial charge in [-0.15, -0.1) is 0 Å². The predicted molar refractivity (Wildman–Crippen MR) is 136 cm³/mol. The van der Waals surface area contributed by atoms with Gasteiger partial charge in [0, 0.05) is 25.1 Å². The van der Waals surface area contributed by atoms with Crippen LogP contribution >= 0.6 is 0 Å². The molecule has 1 amide bonds. The van der Waals surface area contributed by atoms with E-state index in [1.54, 1.807) is 38.3 Å². The number of phenolic OH excluding ortho intramolecular Hbond substituents is 1. The summed E-state index contributed by atoms with van der Waals surface area (Å²) in [6.45, 7) is 5.92. The number of nitrogens with zero attached hydrogens (tertiary/aromatic N) is 3. The topological polar surface area (TPSA) is 109 Å². The summed E-state index contributed by atoms with van der Waals surface area (Å²) in [5.41, 5.74) is 1.44. The number of hydrogen-bond acceptors (Lipinski definition) is 7. The molecule has 0 radical (unpaired) electrons. The van der Waals surface area contributed by atoms with Crippen molar-refractivity contribution in [3.05, 3.63) is 47.5 Å². The van der Waals surface area contributed by atoms with Crippen LogP contribution in [0, 0.1) is 12.3 Å². The zero-order chi connectivity index (χ0) is 26.3. The molecule has 1 saturated heterocycles. The molecular weight excluding hydrogens is 482 g/mol.